The van der Waals surface area contributed by atoms with Gasteiger partial charge in [-0.05, 0) is 30.3 Å². The van der Waals surface area contributed by atoms with Crippen molar-refractivity contribution in [1.82, 2.24) is 9.79 Å². The second-order valence-corrected chi connectivity index (χ2v) is 7.41. The van der Waals surface area contributed by atoms with E-state index in [-0.39, 0.29) is 23.7 Å². The van der Waals surface area contributed by atoms with Crippen molar-refractivity contribution in [3.63, 3.8) is 0 Å². The van der Waals surface area contributed by atoms with Gasteiger partial charge in [0.15, 0.2) is 0 Å². The minimum Gasteiger partial charge on any atom is -0.491 e. The smallest absolute Gasteiger partial charge is 0.274 e. The van der Waals surface area contributed by atoms with Crippen molar-refractivity contribution in [2.75, 3.05) is 27.3 Å². The van der Waals surface area contributed by atoms with Crippen molar-refractivity contribution in [2.24, 2.45) is 0 Å². The Hall–Kier alpha value is -2.42. The summed E-state index contributed by atoms with van der Waals surface area (Å²) in [6, 6.07) is 15.0. The van der Waals surface area contributed by atoms with Crippen molar-refractivity contribution in [3.8, 4) is 5.75 Å². The third-order valence-corrected chi connectivity index (χ3v) is 5.05. The molecular weight excluding hydrogens is 344 g/mol. The first kappa shape index (κ1) is 18.9. The number of para-hydroxylation sites is 1. The molecule has 2 rings (SSSR count). The van der Waals surface area contributed by atoms with E-state index in [1.54, 1.807) is 0 Å². The molecule has 7 nitrogen and oxygen atoms in total. The summed E-state index contributed by atoms with van der Waals surface area (Å²) < 4.78 is 30.7. The lowest BCUT2D eigenvalue weighted by atomic mass is 10.2. The van der Waals surface area contributed by atoms with Gasteiger partial charge >= 0.3 is 0 Å². The Morgan fingerprint density at radius 2 is 1.76 bits per heavy atom. The van der Waals surface area contributed by atoms with E-state index in [0.717, 1.165) is 4.31 Å². The molecule has 8 heteroatoms. The van der Waals surface area contributed by atoms with Gasteiger partial charge in [0.25, 0.3) is 5.91 Å². The SMILES string of the molecule is CN(C)S(=O)(=O)c1cccc(C(=O)NOCCOc2ccccc2)c1. The maximum Gasteiger partial charge on any atom is 0.274 e. The largest absolute Gasteiger partial charge is 0.491 e. The zero-order chi connectivity index (χ0) is 18.3. The average molecular weight is 364 g/mol. The van der Waals surface area contributed by atoms with Crippen LogP contribution in [0.3, 0.4) is 0 Å². The van der Waals surface area contributed by atoms with Crippen molar-refractivity contribution in [2.45, 2.75) is 4.90 Å². The zero-order valence-corrected chi connectivity index (χ0v) is 14.8. The van der Waals surface area contributed by atoms with Crippen LogP contribution >= 0.6 is 0 Å². The second-order valence-electron chi connectivity index (χ2n) is 5.26. The number of nitrogens with zero attached hydrogens (tertiary/aromatic N) is 1. The Kier molecular flexibility index (Phi) is 6.51. The molecule has 0 aliphatic heterocycles. The summed E-state index contributed by atoms with van der Waals surface area (Å²) >= 11 is 0. The molecule has 0 aliphatic rings. The van der Waals surface area contributed by atoms with Gasteiger partial charge < -0.3 is 4.74 Å². The Bertz CT molecular complexity index is 807. The molecular formula is C17H20N2O5S. The van der Waals surface area contributed by atoms with Crippen LogP contribution in [0.5, 0.6) is 5.75 Å². The van der Waals surface area contributed by atoms with Gasteiger partial charge in [-0.1, -0.05) is 24.3 Å². The third kappa shape index (κ3) is 5.28. The van der Waals surface area contributed by atoms with E-state index < -0.39 is 15.9 Å². The summed E-state index contributed by atoms with van der Waals surface area (Å²) in [6.07, 6.45) is 0. The highest BCUT2D eigenvalue weighted by Crippen LogP contribution is 2.14. The lowest BCUT2D eigenvalue weighted by Gasteiger charge is -2.12. The number of hydroxylamine groups is 1. The van der Waals surface area contributed by atoms with E-state index in [0.29, 0.717) is 5.75 Å². The maximum atomic E-state index is 12.1. The lowest BCUT2D eigenvalue weighted by molar-refractivity contribution is 0.0200. The molecule has 0 spiro atoms. The highest BCUT2D eigenvalue weighted by Gasteiger charge is 2.18. The van der Waals surface area contributed by atoms with Gasteiger partial charge in [0.2, 0.25) is 10.0 Å². The summed E-state index contributed by atoms with van der Waals surface area (Å²) in [7, 11) is -0.743. The maximum absolute atomic E-state index is 12.1. The van der Waals surface area contributed by atoms with Gasteiger partial charge in [-0.2, -0.15) is 0 Å². The predicted molar refractivity (Wildman–Crippen MR) is 92.7 cm³/mol. The van der Waals surface area contributed by atoms with E-state index in [4.69, 9.17) is 9.57 Å². The van der Waals surface area contributed by atoms with E-state index in [1.807, 2.05) is 30.3 Å². The normalized spacial score (nSPS) is 11.3. The van der Waals surface area contributed by atoms with Crippen molar-refractivity contribution < 1.29 is 22.8 Å². The Balaban J connectivity index is 1.85. The molecule has 0 atom stereocenters. The Morgan fingerprint density at radius 1 is 1.04 bits per heavy atom. The molecule has 0 unspecified atom stereocenters. The van der Waals surface area contributed by atoms with Gasteiger partial charge in [-0.3, -0.25) is 9.63 Å². The van der Waals surface area contributed by atoms with Crippen molar-refractivity contribution >= 4 is 15.9 Å². The fourth-order valence-electron chi connectivity index (χ4n) is 1.90. The summed E-state index contributed by atoms with van der Waals surface area (Å²) in [5, 5.41) is 0. The van der Waals surface area contributed by atoms with Crippen LogP contribution < -0.4 is 10.2 Å². The monoisotopic (exact) mass is 364 g/mol. The fourth-order valence-corrected chi connectivity index (χ4v) is 2.85. The van der Waals surface area contributed by atoms with Gasteiger partial charge in [-0.25, -0.2) is 18.2 Å². The number of sulfonamides is 1. The molecule has 0 aromatic heterocycles. The molecule has 1 N–H and O–H groups in total. The quantitative estimate of drug-likeness (QED) is 0.569. The molecule has 0 saturated heterocycles. The summed E-state index contributed by atoms with van der Waals surface area (Å²) in [6.45, 7) is 0.412. The van der Waals surface area contributed by atoms with Gasteiger partial charge in [0, 0.05) is 19.7 Å². The molecule has 1 amide bonds. The lowest BCUT2D eigenvalue weighted by Crippen LogP contribution is -2.27. The summed E-state index contributed by atoms with van der Waals surface area (Å²) in [4.78, 5) is 17.1. The number of carbonyl (C=O) groups excluding carboxylic acids is 1. The molecule has 134 valence electrons. The van der Waals surface area contributed by atoms with Crippen LogP contribution in [0.15, 0.2) is 59.5 Å². The van der Waals surface area contributed by atoms with Crippen molar-refractivity contribution in [3.05, 3.63) is 60.2 Å². The van der Waals surface area contributed by atoms with E-state index >= 15 is 0 Å². The number of rotatable bonds is 8. The second kappa shape index (κ2) is 8.61. The first-order valence-corrected chi connectivity index (χ1v) is 8.98. The topological polar surface area (TPSA) is 84.9 Å². The molecule has 0 fully saturated rings. The molecule has 0 heterocycles. The minimum absolute atomic E-state index is 0.0394. The first-order chi connectivity index (χ1) is 11.9. The number of nitrogens with one attached hydrogen (secondary N) is 1. The highest BCUT2D eigenvalue weighted by molar-refractivity contribution is 7.89. The number of hydrogen-bond acceptors (Lipinski definition) is 5. The number of hydrogen-bond donors (Lipinski definition) is 1. The molecule has 0 aliphatic carbocycles. The minimum atomic E-state index is -3.60. The molecule has 2 aromatic carbocycles. The molecule has 25 heavy (non-hydrogen) atoms. The van der Waals surface area contributed by atoms with Crippen LogP contribution in [0.1, 0.15) is 10.4 Å². The predicted octanol–water partition coefficient (Wildman–Crippen LogP) is 1.68. The summed E-state index contributed by atoms with van der Waals surface area (Å²) in [5.41, 5.74) is 2.45. The highest BCUT2D eigenvalue weighted by atomic mass is 32.2. The fraction of sp³-hybridized carbons (Fsp3) is 0.235. The molecule has 0 radical (unpaired) electrons. The molecule has 2 aromatic rings. The van der Waals surface area contributed by atoms with Gasteiger partial charge in [-0.15, -0.1) is 0 Å². The third-order valence-electron chi connectivity index (χ3n) is 3.24. The van der Waals surface area contributed by atoms with Crippen LogP contribution in [0, 0.1) is 0 Å². The van der Waals surface area contributed by atoms with Gasteiger partial charge in [0.05, 0.1) is 4.90 Å². The van der Waals surface area contributed by atoms with Gasteiger partial charge in [0.1, 0.15) is 19.0 Å². The standard InChI is InChI=1S/C17H20N2O5S/c1-19(2)25(21,22)16-10-6-7-14(13-16)17(20)18-24-12-11-23-15-8-4-3-5-9-15/h3-10,13H,11-12H2,1-2H3,(H,18,20). The van der Waals surface area contributed by atoms with Crippen LogP contribution in [-0.4, -0.2) is 45.9 Å². The number of amides is 1. The van der Waals surface area contributed by atoms with E-state index in [1.165, 1.54) is 38.4 Å². The zero-order valence-electron chi connectivity index (χ0n) is 14.0. The summed E-state index contributed by atoms with van der Waals surface area (Å²) in [5.74, 6) is 0.175. The number of benzene rings is 2. The molecule has 0 bridgehead atoms. The van der Waals surface area contributed by atoms with Crippen molar-refractivity contribution in [1.29, 1.82) is 0 Å². The van der Waals surface area contributed by atoms with Crippen LogP contribution in [0.4, 0.5) is 0 Å². The Morgan fingerprint density at radius 3 is 2.44 bits per heavy atom. The van der Waals surface area contributed by atoms with Crippen LogP contribution in [-0.2, 0) is 14.9 Å². The first-order valence-electron chi connectivity index (χ1n) is 7.54. The van der Waals surface area contributed by atoms with Crippen LogP contribution in [0.25, 0.3) is 0 Å². The number of carbonyl (C=O) groups is 1. The number of ether oxygens (including phenoxy) is 1. The van der Waals surface area contributed by atoms with E-state index in [2.05, 4.69) is 5.48 Å². The Labute approximate surface area is 147 Å². The average Bonchev–Trinajstić information content (AvgIpc) is 2.62. The van der Waals surface area contributed by atoms with Crippen LogP contribution in [0.2, 0.25) is 0 Å². The van der Waals surface area contributed by atoms with E-state index in [9.17, 15) is 13.2 Å². The molecule has 0 saturated carbocycles.